The summed E-state index contributed by atoms with van der Waals surface area (Å²) in [5.41, 5.74) is 0. The van der Waals surface area contributed by atoms with Crippen LogP contribution in [0.15, 0.2) is 24.3 Å². The molecule has 1 aromatic rings. The number of carbonyl (C=O) groups is 1. The molecule has 16 heavy (non-hydrogen) atoms. The molecule has 88 valence electrons. The maximum Gasteiger partial charge on any atom is 0.307 e. The van der Waals surface area contributed by atoms with Gasteiger partial charge >= 0.3 is 5.97 Å². The van der Waals surface area contributed by atoms with Gasteiger partial charge in [-0.1, -0.05) is 6.07 Å². The summed E-state index contributed by atoms with van der Waals surface area (Å²) in [6, 6.07) is 7.18. The molecule has 4 nitrogen and oxygen atoms in total. The SMILES string of the molecule is CCOc1cccc(OC(C)CC(=O)O)c1. The molecule has 0 saturated carbocycles. The van der Waals surface area contributed by atoms with E-state index in [-0.39, 0.29) is 12.5 Å². The molecule has 0 saturated heterocycles. The molecule has 0 heterocycles. The third kappa shape index (κ3) is 4.21. The number of hydrogen-bond acceptors (Lipinski definition) is 3. The van der Waals surface area contributed by atoms with E-state index in [1.807, 2.05) is 19.1 Å². The molecule has 0 aliphatic carbocycles. The summed E-state index contributed by atoms with van der Waals surface area (Å²) in [7, 11) is 0. The molecule has 1 aromatic carbocycles. The van der Waals surface area contributed by atoms with Crippen LogP contribution in [0, 0.1) is 0 Å². The number of rotatable bonds is 6. The van der Waals surface area contributed by atoms with Gasteiger partial charge in [-0.3, -0.25) is 4.79 Å². The highest BCUT2D eigenvalue weighted by Gasteiger charge is 2.09. The first-order valence-corrected chi connectivity index (χ1v) is 5.23. The van der Waals surface area contributed by atoms with Crippen molar-refractivity contribution in [2.45, 2.75) is 26.4 Å². The number of aliphatic carboxylic acids is 1. The van der Waals surface area contributed by atoms with Gasteiger partial charge in [-0.15, -0.1) is 0 Å². The van der Waals surface area contributed by atoms with Crippen molar-refractivity contribution >= 4 is 5.97 Å². The van der Waals surface area contributed by atoms with Gasteiger partial charge in [0.2, 0.25) is 0 Å². The van der Waals surface area contributed by atoms with E-state index in [0.717, 1.165) is 5.75 Å². The van der Waals surface area contributed by atoms with Crippen molar-refractivity contribution in [2.24, 2.45) is 0 Å². The quantitative estimate of drug-likeness (QED) is 0.805. The maximum absolute atomic E-state index is 10.5. The second kappa shape index (κ2) is 6.00. The van der Waals surface area contributed by atoms with Crippen molar-refractivity contribution in [1.82, 2.24) is 0 Å². The third-order valence-electron chi connectivity index (χ3n) is 1.92. The summed E-state index contributed by atoms with van der Waals surface area (Å²) in [6.07, 6.45) is -0.367. The van der Waals surface area contributed by atoms with Gasteiger partial charge in [0.1, 0.15) is 17.6 Å². The summed E-state index contributed by atoms with van der Waals surface area (Å²) in [5.74, 6) is 0.482. The van der Waals surface area contributed by atoms with Crippen LogP contribution in [0.2, 0.25) is 0 Å². The lowest BCUT2D eigenvalue weighted by Crippen LogP contribution is -2.16. The van der Waals surface area contributed by atoms with E-state index in [9.17, 15) is 4.79 Å². The van der Waals surface area contributed by atoms with E-state index in [1.165, 1.54) is 0 Å². The van der Waals surface area contributed by atoms with Gasteiger partial charge in [0.15, 0.2) is 0 Å². The molecule has 1 rings (SSSR count). The minimum atomic E-state index is -0.867. The minimum absolute atomic E-state index is 0.0150. The molecule has 0 spiro atoms. The maximum atomic E-state index is 10.5. The highest BCUT2D eigenvalue weighted by Crippen LogP contribution is 2.20. The molecule has 0 fully saturated rings. The number of hydrogen-bond donors (Lipinski definition) is 1. The van der Waals surface area contributed by atoms with E-state index in [1.54, 1.807) is 19.1 Å². The lowest BCUT2D eigenvalue weighted by Gasteiger charge is -2.13. The van der Waals surface area contributed by atoms with Crippen LogP contribution in [0.4, 0.5) is 0 Å². The van der Waals surface area contributed by atoms with Crippen LogP contribution >= 0.6 is 0 Å². The van der Waals surface area contributed by atoms with E-state index in [2.05, 4.69) is 0 Å². The van der Waals surface area contributed by atoms with Crippen molar-refractivity contribution in [2.75, 3.05) is 6.61 Å². The zero-order valence-electron chi connectivity index (χ0n) is 9.47. The van der Waals surface area contributed by atoms with E-state index >= 15 is 0 Å². The Morgan fingerprint density at radius 1 is 1.44 bits per heavy atom. The highest BCUT2D eigenvalue weighted by molar-refractivity contribution is 5.67. The Labute approximate surface area is 94.8 Å². The van der Waals surface area contributed by atoms with Crippen LogP contribution < -0.4 is 9.47 Å². The number of ether oxygens (including phenoxy) is 2. The Morgan fingerprint density at radius 3 is 2.75 bits per heavy atom. The number of benzene rings is 1. The van der Waals surface area contributed by atoms with Crippen LogP contribution in [0.5, 0.6) is 11.5 Å². The van der Waals surface area contributed by atoms with Gasteiger partial charge in [-0.25, -0.2) is 0 Å². The van der Waals surface area contributed by atoms with E-state index in [0.29, 0.717) is 12.4 Å². The fourth-order valence-corrected chi connectivity index (χ4v) is 1.32. The summed E-state index contributed by atoms with van der Waals surface area (Å²) >= 11 is 0. The average Bonchev–Trinajstić information content (AvgIpc) is 2.17. The van der Waals surface area contributed by atoms with Crippen LogP contribution in [-0.2, 0) is 4.79 Å². The first kappa shape index (κ1) is 12.4. The fourth-order valence-electron chi connectivity index (χ4n) is 1.32. The Kier molecular flexibility index (Phi) is 4.64. The van der Waals surface area contributed by atoms with Crippen molar-refractivity contribution in [3.05, 3.63) is 24.3 Å². The molecule has 0 aliphatic heterocycles. The number of carboxylic acid groups (broad SMARTS) is 1. The summed E-state index contributed by atoms with van der Waals surface area (Å²) in [4.78, 5) is 10.5. The van der Waals surface area contributed by atoms with Gasteiger partial charge in [-0.05, 0) is 26.0 Å². The predicted molar refractivity (Wildman–Crippen MR) is 60.0 cm³/mol. The van der Waals surface area contributed by atoms with Gasteiger partial charge in [-0.2, -0.15) is 0 Å². The second-order valence-corrected chi connectivity index (χ2v) is 3.43. The summed E-state index contributed by atoms with van der Waals surface area (Å²) < 4.78 is 10.8. The van der Waals surface area contributed by atoms with Crippen LogP contribution in [0.25, 0.3) is 0 Å². The zero-order valence-corrected chi connectivity index (χ0v) is 9.47. The lowest BCUT2D eigenvalue weighted by molar-refractivity contribution is -0.138. The average molecular weight is 224 g/mol. The molecule has 1 unspecified atom stereocenters. The first-order chi connectivity index (χ1) is 7.61. The Hall–Kier alpha value is -1.71. The summed E-state index contributed by atoms with van der Waals surface area (Å²) in [5, 5.41) is 8.60. The molecule has 4 heteroatoms. The van der Waals surface area contributed by atoms with E-state index in [4.69, 9.17) is 14.6 Å². The van der Waals surface area contributed by atoms with Gasteiger partial charge < -0.3 is 14.6 Å². The first-order valence-electron chi connectivity index (χ1n) is 5.23. The van der Waals surface area contributed by atoms with Crippen LogP contribution in [-0.4, -0.2) is 23.8 Å². The molecular formula is C12H16O4. The lowest BCUT2D eigenvalue weighted by atomic mass is 10.2. The monoisotopic (exact) mass is 224 g/mol. The Balaban J connectivity index is 2.59. The molecule has 0 aromatic heterocycles. The Morgan fingerprint density at radius 2 is 2.12 bits per heavy atom. The predicted octanol–water partition coefficient (Wildman–Crippen LogP) is 2.33. The van der Waals surface area contributed by atoms with E-state index < -0.39 is 5.97 Å². The molecule has 1 N–H and O–H groups in total. The van der Waals surface area contributed by atoms with Gasteiger partial charge in [0, 0.05) is 6.07 Å². The highest BCUT2D eigenvalue weighted by atomic mass is 16.5. The van der Waals surface area contributed by atoms with Crippen molar-refractivity contribution < 1.29 is 19.4 Å². The number of carboxylic acids is 1. The largest absolute Gasteiger partial charge is 0.494 e. The van der Waals surface area contributed by atoms with Gasteiger partial charge in [0.05, 0.1) is 13.0 Å². The molecular weight excluding hydrogens is 208 g/mol. The zero-order chi connectivity index (χ0) is 12.0. The fraction of sp³-hybridized carbons (Fsp3) is 0.417. The van der Waals surface area contributed by atoms with Crippen molar-refractivity contribution in [3.63, 3.8) is 0 Å². The molecule has 1 atom stereocenters. The summed E-state index contributed by atoms with van der Waals surface area (Å²) in [6.45, 7) is 4.22. The standard InChI is InChI=1S/C12H16O4/c1-3-15-10-5-4-6-11(8-10)16-9(2)7-12(13)14/h4-6,8-9H,3,7H2,1-2H3,(H,13,14). The molecule has 0 amide bonds. The second-order valence-electron chi connectivity index (χ2n) is 3.43. The normalized spacial score (nSPS) is 11.9. The topological polar surface area (TPSA) is 55.8 Å². The third-order valence-corrected chi connectivity index (χ3v) is 1.92. The molecule has 0 bridgehead atoms. The van der Waals surface area contributed by atoms with Gasteiger partial charge in [0.25, 0.3) is 0 Å². The smallest absolute Gasteiger partial charge is 0.307 e. The van der Waals surface area contributed by atoms with Crippen molar-refractivity contribution in [1.29, 1.82) is 0 Å². The molecule has 0 aliphatic rings. The van der Waals surface area contributed by atoms with Crippen LogP contribution in [0.3, 0.4) is 0 Å². The molecule has 0 radical (unpaired) electrons. The van der Waals surface area contributed by atoms with Crippen molar-refractivity contribution in [3.8, 4) is 11.5 Å². The van der Waals surface area contributed by atoms with Crippen LogP contribution in [0.1, 0.15) is 20.3 Å². The minimum Gasteiger partial charge on any atom is -0.494 e. The Bertz CT molecular complexity index is 349.